The molecular weight excluding hydrogens is 449 g/mol. The monoisotopic (exact) mass is 476 g/mol. The molecule has 3 heterocycles. The molecule has 0 unspecified atom stereocenters. The van der Waals surface area contributed by atoms with Crippen LogP contribution in [0.25, 0.3) is 10.9 Å². The highest BCUT2D eigenvalue weighted by molar-refractivity contribution is 5.88. The van der Waals surface area contributed by atoms with E-state index in [-0.39, 0.29) is 18.3 Å². The minimum atomic E-state index is -4.22. The van der Waals surface area contributed by atoms with Crippen LogP contribution < -0.4 is 4.74 Å². The topological polar surface area (TPSA) is 81.7 Å². The summed E-state index contributed by atoms with van der Waals surface area (Å²) in [4.78, 5) is 22.5. The molecule has 0 bridgehead atoms. The van der Waals surface area contributed by atoms with Gasteiger partial charge in [-0.2, -0.15) is 13.2 Å². The van der Waals surface area contributed by atoms with Gasteiger partial charge >= 0.3 is 12.1 Å². The number of carboxylic acid groups (broad SMARTS) is 1. The number of hydrogen-bond donors (Lipinski definition) is 2. The number of halogens is 3. The Labute approximate surface area is 195 Å². The highest BCUT2D eigenvalue weighted by atomic mass is 19.4. The fraction of sp³-hybridized carbons (Fsp3) is 0.417. The molecule has 0 radical (unpaired) electrons. The van der Waals surface area contributed by atoms with Gasteiger partial charge in [-0.05, 0) is 36.2 Å². The van der Waals surface area contributed by atoms with Crippen molar-refractivity contribution in [3.05, 3.63) is 59.0 Å². The number of rotatable bonds is 7. The summed E-state index contributed by atoms with van der Waals surface area (Å²) in [7, 11) is 1.62. The molecule has 7 nitrogen and oxygen atoms in total. The first kappa shape index (κ1) is 24.0. The molecular formula is C24H27F3N4O3. The van der Waals surface area contributed by atoms with E-state index in [1.54, 1.807) is 18.1 Å². The lowest BCUT2D eigenvalue weighted by Gasteiger charge is -2.42. The molecule has 34 heavy (non-hydrogen) atoms. The van der Waals surface area contributed by atoms with E-state index in [0.29, 0.717) is 26.2 Å². The third-order valence-corrected chi connectivity index (χ3v) is 6.37. The van der Waals surface area contributed by atoms with Gasteiger partial charge in [0.25, 0.3) is 0 Å². The van der Waals surface area contributed by atoms with Crippen molar-refractivity contribution in [3.8, 4) is 5.75 Å². The largest absolute Gasteiger partial charge is 0.496 e. The van der Waals surface area contributed by atoms with Crippen molar-refractivity contribution >= 4 is 16.9 Å². The fourth-order valence-corrected chi connectivity index (χ4v) is 4.58. The van der Waals surface area contributed by atoms with Crippen LogP contribution in [-0.4, -0.2) is 70.3 Å². The Bertz CT molecular complexity index is 1160. The van der Waals surface area contributed by atoms with Gasteiger partial charge < -0.3 is 14.8 Å². The Hall–Kier alpha value is -3.11. The molecule has 0 amide bonds. The standard InChI is InChI=1S/C24H27F3N4O3/c1-15-11-21(34-2)18(17-5-7-28-22(15)17)13-31-10-9-30(8-6-24(25,26)27)14-20(31)16-3-4-19(23(32)33)29-12-16/h3-5,7,11-12,20,28H,6,8-10,13-14H2,1-2H3,(H,32,33)/t20-/m1/s1. The lowest BCUT2D eigenvalue weighted by atomic mass is 10.00. The molecule has 3 aromatic rings. The number of methoxy groups -OCH3 is 1. The summed E-state index contributed by atoms with van der Waals surface area (Å²) in [5, 5.41) is 10.2. The summed E-state index contributed by atoms with van der Waals surface area (Å²) in [6.45, 7) is 3.88. The number of hydrogen-bond acceptors (Lipinski definition) is 5. The second-order valence-electron chi connectivity index (χ2n) is 8.57. The molecule has 1 atom stereocenters. The number of carbonyl (C=O) groups is 1. The van der Waals surface area contributed by atoms with Crippen LogP contribution in [0.15, 0.2) is 36.7 Å². The van der Waals surface area contributed by atoms with Gasteiger partial charge in [-0.25, -0.2) is 9.78 Å². The third-order valence-electron chi connectivity index (χ3n) is 6.37. The van der Waals surface area contributed by atoms with Gasteiger partial charge in [0.2, 0.25) is 0 Å². The lowest BCUT2D eigenvalue weighted by Crippen LogP contribution is -2.48. The Kier molecular flexibility index (Phi) is 6.81. The molecule has 10 heteroatoms. The second kappa shape index (κ2) is 9.63. The summed E-state index contributed by atoms with van der Waals surface area (Å²) in [5.41, 5.74) is 3.76. The number of benzene rings is 1. The van der Waals surface area contributed by atoms with E-state index < -0.39 is 18.6 Å². The molecule has 1 saturated heterocycles. The van der Waals surface area contributed by atoms with Gasteiger partial charge in [0, 0.05) is 67.6 Å². The number of carboxylic acids is 1. The first-order valence-corrected chi connectivity index (χ1v) is 11.0. The minimum Gasteiger partial charge on any atom is -0.496 e. The predicted molar refractivity (Wildman–Crippen MR) is 121 cm³/mol. The van der Waals surface area contributed by atoms with Crippen molar-refractivity contribution < 1.29 is 27.8 Å². The molecule has 2 aromatic heterocycles. The van der Waals surface area contributed by atoms with E-state index >= 15 is 0 Å². The van der Waals surface area contributed by atoms with Gasteiger partial charge in [0.05, 0.1) is 13.5 Å². The van der Waals surface area contributed by atoms with E-state index in [1.165, 1.54) is 12.3 Å². The van der Waals surface area contributed by atoms with Crippen LogP contribution in [0.1, 0.15) is 39.6 Å². The quantitative estimate of drug-likeness (QED) is 0.527. The van der Waals surface area contributed by atoms with Crippen molar-refractivity contribution in [3.63, 3.8) is 0 Å². The van der Waals surface area contributed by atoms with Crippen LogP contribution in [-0.2, 0) is 6.54 Å². The number of pyridine rings is 1. The van der Waals surface area contributed by atoms with E-state index in [2.05, 4.69) is 14.9 Å². The number of alkyl halides is 3. The van der Waals surface area contributed by atoms with Crippen molar-refractivity contribution in [2.75, 3.05) is 33.3 Å². The Morgan fingerprint density at radius 3 is 2.74 bits per heavy atom. The number of ether oxygens (including phenoxy) is 1. The van der Waals surface area contributed by atoms with Crippen molar-refractivity contribution in [2.24, 2.45) is 0 Å². The third kappa shape index (κ3) is 5.18. The van der Waals surface area contributed by atoms with Crippen LogP contribution in [0.2, 0.25) is 0 Å². The van der Waals surface area contributed by atoms with Crippen molar-refractivity contribution in [1.29, 1.82) is 0 Å². The molecule has 1 aliphatic heterocycles. The van der Waals surface area contributed by atoms with Crippen LogP contribution >= 0.6 is 0 Å². The number of nitrogens with one attached hydrogen (secondary N) is 1. The number of piperazine rings is 1. The maximum atomic E-state index is 12.8. The number of aryl methyl sites for hydroxylation is 1. The summed E-state index contributed by atoms with van der Waals surface area (Å²) in [6.07, 6.45) is -1.70. The van der Waals surface area contributed by atoms with Crippen molar-refractivity contribution in [2.45, 2.75) is 32.1 Å². The Morgan fingerprint density at radius 2 is 2.09 bits per heavy atom. The minimum absolute atomic E-state index is 0.0747. The molecule has 0 saturated carbocycles. The number of H-pyrrole nitrogens is 1. The highest BCUT2D eigenvalue weighted by Crippen LogP contribution is 2.35. The zero-order valence-corrected chi connectivity index (χ0v) is 19.0. The second-order valence-corrected chi connectivity index (χ2v) is 8.57. The van der Waals surface area contributed by atoms with Gasteiger partial charge in [-0.3, -0.25) is 9.80 Å². The zero-order valence-electron chi connectivity index (χ0n) is 19.0. The van der Waals surface area contributed by atoms with Crippen LogP contribution in [0.3, 0.4) is 0 Å². The van der Waals surface area contributed by atoms with E-state index in [0.717, 1.165) is 33.3 Å². The summed E-state index contributed by atoms with van der Waals surface area (Å²) < 4.78 is 44.2. The number of fused-ring (bicyclic) bond motifs is 1. The Morgan fingerprint density at radius 1 is 1.29 bits per heavy atom. The van der Waals surface area contributed by atoms with Crippen LogP contribution in [0.5, 0.6) is 5.75 Å². The fourth-order valence-electron chi connectivity index (χ4n) is 4.58. The van der Waals surface area contributed by atoms with E-state index in [4.69, 9.17) is 4.74 Å². The maximum absolute atomic E-state index is 12.8. The first-order chi connectivity index (χ1) is 16.2. The highest BCUT2D eigenvalue weighted by Gasteiger charge is 2.33. The number of aromatic amines is 1. The number of nitrogens with zero attached hydrogens (tertiary/aromatic N) is 3. The van der Waals surface area contributed by atoms with Gasteiger partial charge in [0.15, 0.2) is 0 Å². The molecule has 4 rings (SSSR count). The molecule has 0 aliphatic carbocycles. The molecule has 1 aliphatic rings. The van der Waals surface area contributed by atoms with Gasteiger partial charge in [-0.1, -0.05) is 6.07 Å². The SMILES string of the molecule is COc1cc(C)c2[nH]ccc2c1CN1CCN(CCC(F)(F)F)C[C@@H]1c1ccc(C(=O)O)nc1. The number of aromatic carboxylic acids is 1. The maximum Gasteiger partial charge on any atom is 0.390 e. The normalized spacial score (nSPS) is 17.9. The average molecular weight is 476 g/mol. The van der Waals surface area contributed by atoms with Crippen molar-refractivity contribution in [1.82, 2.24) is 19.8 Å². The molecule has 2 N–H and O–H groups in total. The van der Waals surface area contributed by atoms with Gasteiger partial charge in [-0.15, -0.1) is 0 Å². The first-order valence-electron chi connectivity index (χ1n) is 11.0. The van der Waals surface area contributed by atoms with Gasteiger partial charge in [0.1, 0.15) is 11.4 Å². The van der Waals surface area contributed by atoms with Crippen LogP contribution in [0, 0.1) is 6.92 Å². The van der Waals surface area contributed by atoms with Crippen LogP contribution in [0.4, 0.5) is 13.2 Å². The average Bonchev–Trinajstić information content (AvgIpc) is 3.30. The molecule has 182 valence electrons. The summed E-state index contributed by atoms with van der Waals surface area (Å²) >= 11 is 0. The summed E-state index contributed by atoms with van der Waals surface area (Å²) in [5.74, 6) is -0.375. The predicted octanol–water partition coefficient (Wildman–Crippen LogP) is 4.39. The molecule has 0 spiro atoms. The van der Waals surface area contributed by atoms with E-state index in [1.807, 2.05) is 25.3 Å². The lowest BCUT2D eigenvalue weighted by molar-refractivity contribution is -0.139. The zero-order chi connectivity index (χ0) is 24.5. The molecule has 1 aromatic carbocycles. The summed E-state index contributed by atoms with van der Waals surface area (Å²) in [6, 6.07) is 6.85. The molecule has 1 fully saturated rings. The Balaban J connectivity index is 1.65. The van der Waals surface area contributed by atoms with E-state index in [9.17, 15) is 23.1 Å². The smallest absolute Gasteiger partial charge is 0.390 e. The number of aromatic nitrogens is 2.